The van der Waals surface area contributed by atoms with Crippen LogP contribution in [0.5, 0.6) is 5.75 Å². The van der Waals surface area contributed by atoms with Crippen molar-refractivity contribution in [1.82, 2.24) is 0 Å². The minimum atomic E-state index is -0.295. The van der Waals surface area contributed by atoms with E-state index in [0.717, 1.165) is 20.5 Å². The van der Waals surface area contributed by atoms with E-state index in [4.69, 9.17) is 22.1 Å². The minimum absolute atomic E-state index is 0.242. The van der Waals surface area contributed by atoms with E-state index >= 15 is 0 Å². The highest BCUT2D eigenvalue weighted by molar-refractivity contribution is 7.19. The summed E-state index contributed by atoms with van der Waals surface area (Å²) in [6, 6.07) is 11.9. The smallest absolute Gasteiger partial charge is 0.137 e. The molecule has 3 rings (SSSR count). The van der Waals surface area contributed by atoms with Gasteiger partial charge in [0.15, 0.2) is 0 Å². The molecule has 0 spiro atoms. The Hall–Kier alpha value is -1.62. The molecule has 3 aromatic rings. The molecule has 0 saturated heterocycles. The lowest BCUT2D eigenvalue weighted by Gasteiger charge is -2.12. The number of fused-ring (bicyclic) bond motifs is 1. The number of halogens is 2. The molecule has 1 aromatic heterocycles. The average Bonchev–Trinajstić information content (AvgIpc) is 2.90. The molecule has 0 aliphatic heterocycles. The maximum absolute atomic E-state index is 13.3. The van der Waals surface area contributed by atoms with Gasteiger partial charge in [-0.05, 0) is 47.3 Å². The predicted octanol–water partition coefficient (Wildman–Crippen LogP) is 4.75. The van der Waals surface area contributed by atoms with Crippen LogP contribution in [0.1, 0.15) is 16.5 Å². The molecule has 1 atom stereocenters. The summed E-state index contributed by atoms with van der Waals surface area (Å²) in [6.07, 6.45) is 0. The number of methoxy groups -OCH3 is 1. The van der Waals surface area contributed by atoms with Crippen LogP contribution in [0, 0.1) is 5.82 Å². The molecule has 0 aliphatic rings. The number of hydrogen-bond donors (Lipinski definition) is 1. The largest absolute Gasteiger partial charge is 0.495 e. The molecule has 1 unspecified atom stereocenters. The monoisotopic (exact) mass is 321 g/mol. The third kappa shape index (κ3) is 2.75. The topological polar surface area (TPSA) is 35.2 Å². The SMILES string of the molecule is COc1cc(C(N)c2cc3cc(F)ccc3s2)ccc1Cl. The first kappa shape index (κ1) is 14.3. The maximum Gasteiger partial charge on any atom is 0.137 e. The van der Waals surface area contributed by atoms with E-state index < -0.39 is 0 Å². The average molecular weight is 322 g/mol. The molecular weight excluding hydrogens is 309 g/mol. The van der Waals surface area contributed by atoms with Gasteiger partial charge in [-0.15, -0.1) is 11.3 Å². The Balaban J connectivity index is 2.01. The molecule has 0 saturated carbocycles. The zero-order valence-corrected chi connectivity index (χ0v) is 12.8. The summed E-state index contributed by atoms with van der Waals surface area (Å²) in [5.74, 6) is 0.352. The Bertz CT molecular complexity index is 802. The highest BCUT2D eigenvalue weighted by atomic mass is 35.5. The number of nitrogens with two attached hydrogens (primary N) is 1. The molecule has 2 N–H and O–H groups in total. The lowest BCUT2D eigenvalue weighted by molar-refractivity contribution is 0.414. The van der Waals surface area contributed by atoms with Gasteiger partial charge in [0, 0.05) is 9.58 Å². The molecular formula is C16H13ClFNOS. The fraction of sp³-hybridized carbons (Fsp3) is 0.125. The summed E-state index contributed by atoms with van der Waals surface area (Å²) in [7, 11) is 1.57. The normalized spacial score (nSPS) is 12.6. The van der Waals surface area contributed by atoms with Gasteiger partial charge in [-0.2, -0.15) is 0 Å². The van der Waals surface area contributed by atoms with Crippen molar-refractivity contribution in [2.45, 2.75) is 6.04 Å². The molecule has 5 heteroatoms. The molecule has 0 amide bonds. The second-order valence-electron chi connectivity index (χ2n) is 4.70. The highest BCUT2D eigenvalue weighted by Crippen LogP contribution is 2.34. The first-order valence-electron chi connectivity index (χ1n) is 6.36. The van der Waals surface area contributed by atoms with Crippen molar-refractivity contribution in [2.75, 3.05) is 7.11 Å². The van der Waals surface area contributed by atoms with Gasteiger partial charge < -0.3 is 10.5 Å². The standard InChI is InChI=1S/C16H13ClFNOS/c1-20-13-7-9(2-4-12(13)17)16(19)15-8-10-6-11(18)3-5-14(10)21-15/h2-8,16H,19H2,1H3. The number of ether oxygens (including phenoxy) is 1. The molecule has 0 radical (unpaired) electrons. The van der Waals surface area contributed by atoms with Crippen LogP contribution in [0.15, 0.2) is 42.5 Å². The molecule has 2 nitrogen and oxygen atoms in total. The Morgan fingerprint density at radius 1 is 1.19 bits per heavy atom. The van der Waals surface area contributed by atoms with E-state index in [-0.39, 0.29) is 11.9 Å². The van der Waals surface area contributed by atoms with Crippen LogP contribution in [-0.2, 0) is 0 Å². The molecule has 0 bridgehead atoms. The summed E-state index contributed by atoms with van der Waals surface area (Å²) >= 11 is 7.58. The Morgan fingerprint density at radius 2 is 2.00 bits per heavy atom. The van der Waals surface area contributed by atoms with Crippen LogP contribution < -0.4 is 10.5 Å². The number of hydrogen-bond acceptors (Lipinski definition) is 3. The van der Waals surface area contributed by atoms with Crippen LogP contribution in [0.2, 0.25) is 5.02 Å². The second-order valence-corrected chi connectivity index (χ2v) is 6.23. The van der Waals surface area contributed by atoms with Crippen LogP contribution in [0.4, 0.5) is 4.39 Å². The van der Waals surface area contributed by atoms with Crippen molar-refractivity contribution < 1.29 is 9.13 Å². The maximum atomic E-state index is 13.3. The van der Waals surface area contributed by atoms with Gasteiger partial charge in [0.05, 0.1) is 18.2 Å². The molecule has 21 heavy (non-hydrogen) atoms. The molecule has 1 heterocycles. The fourth-order valence-corrected chi connectivity index (χ4v) is 3.49. The van der Waals surface area contributed by atoms with Crippen molar-refractivity contribution >= 4 is 33.0 Å². The number of benzene rings is 2. The Kier molecular flexibility index (Phi) is 3.85. The highest BCUT2D eigenvalue weighted by Gasteiger charge is 2.14. The van der Waals surface area contributed by atoms with Crippen molar-refractivity contribution in [3.05, 3.63) is 63.7 Å². The minimum Gasteiger partial charge on any atom is -0.495 e. The van der Waals surface area contributed by atoms with Gasteiger partial charge in [0.25, 0.3) is 0 Å². The van der Waals surface area contributed by atoms with Gasteiger partial charge in [-0.1, -0.05) is 17.7 Å². The fourth-order valence-electron chi connectivity index (χ4n) is 2.22. The van der Waals surface area contributed by atoms with Gasteiger partial charge >= 0.3 is 0 Å². The summed E-state index contributed by atoms with van der Waals surface area (Å²) in [5.41, 5.74) is 7.22. The quantitative estimate of drug-likeness (QED) is 0.755. The number of thiophene rings is 1. The third-order valence-corrected chi connectivity index (χ3v) is 4.85. The van der Waals surface area contributed by atoms with Crippen molar-refractivity contribution in [3.8, 4) is 5.75 Å². The van der Waals surface area contributed by atoms with Gasteiger partial charge in [0.1, 0.15) is 11.6 Å². The van der Waals surface area contributed by atoms with E-state index in [0.29, 0.717) is 10.8 Å². The lowest BCUT2D eigenvalue weighted by Crippen LogP contribution is -2.10. The summed E-state index contributed by atoms with van der Waals surface area (Å²) in [4.78, 5) is 0.972. The zero-order valence-electron chi connectivity index (χ0n) is 11.3. The van der Waals surface area contributed by atoms with E-state index in [9.17, 15) is 4.39 Å². The van der Waals surface area contributed by atoms with Crippen molar-refractivity contribution in [1.29, 1.82) is 0 Å². The van der Waals surface area contributed by atoms with Gasteiger partial charge in [-0.25, -0.2) is 4.39 Å². The molecule has 108 valence electrons. The first-order valence-corrected chi connectivity index (χ1v) is 7.56. The van der Waals surface area contributed by atoms with Gasteiger partial charge in [0.2, 0.25) is 0 Å². The van der Waals surface area contributed by atoms with E-state index in [1.807, 2.05) is 18.2 Å². The molecule has 0 fully saturated rings. The lowest BCUT2D eigenvalue weighted by atomic mass is 10.1. The second kappa shape index (κ2) is 5.64. The molecule has 0 aliphatic carbocycles. The summed E-state index contributed by atoms with van der Waals surface area (Å²) in [6.45, 7) is 0. The van der Waals surface area contributed by atoms with Crippen molar-refractivity contribution in [2.24, 2.45) is 5.73 Å². The van der Waals surface area contributed by atoms with Crippen LogP contribution >= 0.6 is 22.9 Å². The van der Waals surface area contributed by atoms with E-state index in [2.05, 4.69) is 0 Å². The Morgan fingerprint density at radius 3 is 2.76 bits per heavy atom. The zero-order chi connectivity index (χ0) is 15.0. The number of rotatable bonds is 3. The third-order valence-electron chi connectivity index (χ3n) is 3.34. The summed E-state index contributed by atoms with van der Waals surface area (Å²) in [5, 5.41) is 1.42. The Labute approximate surface area is 130 Å². The van der Waals surface area contributed by atoms with E-state index in [1.54, 1.807) is 30.6 Å². The molecule has 2 aromatic carbocycles. The van der Waals surface area contributed by atoms with Gasteiger partial charge in [-0.3, -0.25) is 0 Å². The predicted molar refractivity (Wildman–Crippen MR) is 85.8 cm³/mol. The van der Waals surface area contributed by atoms with Crippen LogP contribution in [-0.4, -0.2) is 7.11 Å². The van der Waals surface area contributed by atoms with Crippen molar-refractivity contribution in [3.63, 3.8) is 0 Å². The summed E-state index contributed by atoms with van der Waals surface area (Å²) < 4.78 is 19.5. The van der Waals surface area contributed by atoms with E-state index in [1.165, 1.54) is 12.1 Å². The van der Waals surface area contributed by atoms with Crippen LogP contribution in [0.3, 0.4) is 0 Å². The van der Waals surface area contributed by atoms with Crippen LogP contribution in [0.25, 0.3) is 10.1 Å². The first-order chi connectivity index (χ1) is 10.1.